The molecule has 0 aromatic heterocycles. The van der Waals surface area contributed by atoms with E-state index < -0.39 is 0 Å². The summed E-state index contributed by atoms with van der Waals surface area (Å²) in [5.41, 5.74) is 6.00. The maximum absolute atomic E-state index is 2.34. The average Bonchev–Trinajstić information content (AvgIpc) is 2.49. The lowest BCUT2D eigenvalue weighted by atomic mass is 9.95. The Hall–Kier alpha value is -0.780. The van der Waals surface area contributed by atoms with Gasteiger partial charge in [0.05, 0.1) is 0 Å². The van der Waals surface area contributed by atoms with Crippen LogP contribution in [0.25, 0.3) is 0 Å². The largest absolute Gasteiger partial charge is 0.0654 e. The molecule has 0 spiro atoms. The molecule has 0 aliphatic carbocycles. The SMILES string of the molecule is CCCCCCCCCCCCc1ccc(C)c(C)c1C. The van der Waals surface area contributed by atoms with Gasteiger partial charge in [0.1, 0.15) is 0 Å². The van der Waals surface area contributed by atoms with E-state index in [0.29, 0.717) is 0 Å². The molecule has 0 atom stereocenters. The minimum atomic E-state index is 1.27. The monoisotopic (exact) mass is 288 g/mol. The molecule has 0 amide bonds. The first-order valence-corrected chi connectivity index (χ1v) is 9.22. The van der Waals surface area contributed by atoms with E-state index in [2.05, 4.69) is 39.8 Å². The van der Waals surface area contributed by atoms with Gasteiger partial charge in [-0.25, -0.2) is 0 Å². The van der Waals surface area contributed by atoms with E-state index in [1.165, 1.54) is 87.3 Å². The van der Waals surface area contributed by atoms with Crippen LogP contribution in [0.4, 0.5) is 0 Å². The fraction of sp³-hybridized carbons (Fsp3) is 0.714. The van der Waals surface area contributed by atoms with Crippen LogP contribution in [-0.2, 0) is 6.42 Å². The molecule has 0 saturated carbocycles. The van der Waals surface area contributed by atoms with Crippen molar-refractivity contribution in [2.24, 2.45) is 0 Å². The molecule has 120 valence electrons. The number of unbranched alkanes of at least 4 members (excludes halogenated alkanes) is 9. The topological polar surface area (TPSA) is 0 Å². The van der Waals surface area contributed by atoms with Crippen molar-refractivity contribution in [3.8, 4) is 0 Å². The van der Waals surface area contributed by atoms with Gasteiger partial charge in [-0.05, 0) is 55.9 Å². The minimum absolute atomic E-state index is 1.27. The Balaban J connectivity index is 2.06. The van der Waals surface area contributed by atoms with Crippen LogP contribution in [0.3, 0.4) is 0 Å². The molecule has 0 saturated heterocycles. The normalized spacial score (nSPS) is 11.0. The van der Waals surface area contributed by atoms with E-state index >= 15 is 0 Å². The van der Waals surface area contributed by atoms with Gasteiger partial charge in [-0.3, -0.25) is 0 Å². The molecule has 1 aromatic carbocycles. The number of hydrogen-bond donors (Lipinski definition) is 0. The third-order valence-electron chi connectivity index (χ3n) is 4.97. The van der Waals surface area contributed by atoms with Gasteiger partial charge in [0.25, 0.3) is 0 Å². The summed E-state index contributed by atoms with van der Waals surface area (Å²) in [5, 5.41) is 0. The highest BCUT2D eigenvalue weighted by Crippen LogP contribution is 2.19. The summed E-state index contributed by atoms with van der Waals surface area (Å²) in [5.74, 6) is 0. The lowest BCUT2D eigenvalue weighted by molar-refractivity contribution is 0.556. The summed E-state index contributed by atoms with van der Waals surface area (Å²) in [7, 11) is 0. The molecule has 0 aliphatic heterocycles. The Morgan fingerprint density at radius 2 is 1.14 bits per heavy atom. The molecule has 1 aromatic rings. The molecule has 0 radical (unpaired) electrons. The predicted octanol–water partition coefficient (Wildman–Crippen LogP) is 7.08. The van der Waals surface area contributed by atoms with Crippen molar-refractivity contribution >= 4 is 0 Å². The summed E-state index contributed by atoms with van der Waals surface area (Å²) in [6, 6.07) is 4.62. The first kappa shape index (κ1) is 18.3. The molecule has 0 heteroatoms. The standard InChI is InChI=1S/C21H36/c1-5-6-7-8-9-10-11-12-13-14-15-21-17-16-18(2)19(3)20(21)4/h16-17H,5-15H2,1-4H3. The van der Waals surface area contributed by atoms with Crippen LogP contribution >= 0.6 is 0 Å². The highest BCUT2D eigenvalue weighted by Gasteiger charge is 2.03. The van der Waals surface area contributed by atoms with Gasteiger partial charge in [-0.2, -0.15) is 0 Å². The molecule has 0 heterocycles. The Morgan fingerprint density at radius 1 is 0.619 bits per heavy atom. The molecule has 0 bridgehead atoms. The molecule has 0 N–H and O–H groups in total. The van der Waals surface area contributed by atoms with Gasteiger partial charge in [-0.1, -0.05) is 76.8 Å². The van der Waals surface area contributed by atoms with Crippen molar-refractivity contribution in [2.75, 3.05) is 0 Å². The highest BCUT2D eigenvalue weighted by atomic mass is 14.1. The van der Waals surface area contributed by atoms with E-state index in [1.807, 2.05) is 0 Å². The third kappa shape index (κ3) is 7.16. The van der Waals surface area contributed by atoms with E-state index in [1.54, 1.807) is 5.56 Å². The van der Waals surface area contributed by atoms with E-state index in [-0.39, 0.29) is 0 Å². The van der Waals surface area contributed by atoms with Crippen LogP contribution < -0.4 is 0 Å². The second kappa shape index (κ2) is 10.9. The molecule has 0 aliphatic rings. The fourth-order valence-electron chi connectivity index (χ4n) is 3.09. The molecule has 0 fully saturated rings. The quantitative estimate of drug-likeness (QED) is 0.382. The Bertz CT molecular complexity index is 389. The van der Waals surface area contributed by atoms with Crippen LogP contribution in [0.1, 0.15) is 93.4 Å². The van der Waals surface area contributed by atoms with Crippen molar-refractivity contribution in [3.05, 3.63) is 34.4 Å². The first-order chi connectivity index (χ1) is 10.2. The van der Waals surface area contributed by atoms with Crippen LogP contribution in [0.15, 0.2) is 12.1 Å². The summed E-state index contributed by atoms with van der Waals surface area (Å²) >= 11 is 0. The highest BCUT2D eigenvalue weighted by molar-refractivity contribution is 5.38. The number of hydrogen-bond acceptors (Lipinski definition) is 0. The third-order valence-corrected chi connectivity index (χ3v) is 4.97. The second-order valence-corrected chi connectivity index (χ2v) is 6.72. The van der Waals surface area contributed by atoms with Crippen molar-refractivity contribution < 1.29 is 0 Å². The lowest BCUT2D eigenvalue weighted by Gasteiger charge is -2.11. The Labute approximate surface area is 133 Å². The summed E-state index contributed by atoms with van der Waals surface area (Å²) in [6.45, 7) is 9.05. The summed E-state index contributed by atoms with van der Waals surface area (Å²) in [4.78, 5) is 0. The fourth-order valence-corrected chi connectivity index (χ4v) is 3.09. The molecular weight excluding hydrogens is 252 g/mol. The van der Waals surface area contributed by atoms with Crippen LogP contribution in [0.2, 0.25) is 0 Å². The second-order valence-electron chi connectivity index (χ2n) is 6.72. The average molecular weight is 289 g/mol. The number of aryl methyl sites for hydroxylation is 2. The zero-order valence-corrected chi connectivity index (χ0v) is 14.9. The molecular formula is C21H36. The van der Waals surface area contributed by atoms with Gasteiger partial charge in [0.2, 0.25) is 0 Å². The van der Waals surface area contributed by atoms with Crippen LogP contribution in [-0.4, -0.2) is 0 Å². The summed E-state index contributed by atoms with van der Waals surface area (Å²) in [6.07, 6.45) is 15.5. The van der Waals surface area contributed by atoms with Crippen LogP contribution in [0.5, 0.6) is 0 Å². The Morgan fingerprint density at radius 3 is 1.71 bits per heavy atom. The maximum atomic E-state index is 2.34. The first-order valence-electron chi connectivity index (χ1n) is 9.22. The summed E-state index contributed by atoms with van der Waals surface area (Å²) < 4.78 is 0. The van der Waals surface area contributed by atoms with Gasteiger partial charge in [-0.15, -0.1) is 0 Å². The predicted molar refractivity (Wildman–Crippen MR) is 96.2 cm³/mol. The van der Waals surface area contributed by atoms with E-state index in [4.69, 9.17) is 0 Å². The number of benzene rings is 1. The van der Waals surface area contributed by atoms with Gasteiger partial charge in [0.15, 0.2) is 0 Å². The van der Waals surface area contributed by atoms with Crippen molar-refractivity contribution in [1.29, 1.82) is 0 Å². The number of rotatable bonds is 11. The molecule has 0 unspecified atom stereocenters. The molecule has 0 nitrogen and oxygen atoms in total. The van der Waals surface area contributed by atoms with Gasteiger partial charge in [0, 0.05) is 0 Å². The van der Waals surface area contributed by atoms with Gasteiger partial charge < -0.3 is 0 Å². The van der Waals surface area contributed by atoms with Gasteiger partial charge >= 0.3 is 0 Å². The van der Waals surface area contributed by atoms with E-state index in [9.17, 15) is 0 Å². The minimum Gasteiger partial charge on any atom is -0.0654 e. The zero-order valence-electron chi connectivity index (χ0n) is 14.9. The van der Waals surface area contributed by atoms with Crippen molar-refractivity contribution in [1.82, 2.24) is 0 Å². The van der Waals surface area contributed by atoms with Crippen LogP contribution in [0, 0.1) is 20.8 Å². The molecule has 21 heavy (non-hydrogen) atoms. The Kier molecular flexibility index (Phi) is 9.46. The van der Waals surface area contributed by atoms with Crippen molar-refractivity contribution in [2.45, 2.75) is 98.3 Å². The maximum Gasteiger partial charge on any atom is -0.0276 e. The lowest BCUT2D eigenvalue weighted by Crippen LogP contribution is -1.95. The van der Waals surface area contributed by atoms with Crippen molar-refractivity contribution in [3.63, 3.8) is 0 Å². The zero-order chi connectivity index (χ0) is 15.5. The van der Waals surface area contributed by atoms with E-state index in [0.717, 1.165) is 0 Å². The smallest absolute Gasteiger partial charge is 0.0276 e. The molecule has 1 rings (SSSR count).